The minimum absolute atomic E-state index is 0.0936. The van der Waals surface area contributed by atoms with Crippen molar-refractivity contribution in [1.82, 2.24) is 10.2 Å². The first-order valence-corrected chi connectivity index (χ1v) is 8.85. The van der Waals surface area contributed by atoms with Crippen LogP contribution in [0.4, 0.5) is 0 Å². The number of ether oxygens (including phenoxy) is 2. The number of hydrogen-bond acceptors (Lipinski definition) is 7. The van der Waals surface area contributed by atoms with Crippen molar-refractivity contribution in [3.8, 4) is 0 Å². The maximum atomic E-state index is 12.4. The predicted molar refractivity (Wildman–Crippen MR) is 91.6 cm³/mol. The molecule has 0 aromatic heterocycles. The van der Waals surface area contributed by atoms with Crippen LogP contribution < -0.4 is 5.32 Å². The Balaban J connectivity index is 1.62. The van der Waals surface area contributed by atoms with E-state index in [1.54, 1.807) is 36.4 Å². The first kappa shape index (κ1) is 18.0. The van der Waals surface area contributed by atoms with Crippen LogP contribution in [-0.4, -0.2) is 52.6 Å². The molecule has 1 aromatic rings. The molecule has 3 rings (SSSR count). The first-order chi connectivity index (χ1) is 12.5. The Bertz CT molecular complexity index is 779. The summed E-state index contributed by atoms with van der Waals surface area (Å²) in [6.45, 7) is 0.679. The molecule has 2 amide bonds. The first-order valence-electron chi connectivity index (χ1n) is 7.80. The minimum atomic E-state index is -0.752. The van der Waals surface area contributed by atoms with Gasteiger partial charge < -0.3 is 14.8 Å². The molecule has 2 atom stereocenters. The van der Waals surface area contributed by atoms with E-state index in [2.05, 4.69) is 10.1 Å². The summed E-state index contributed by atoms with van der Waals surface area (Å²) in [4.78, 5) is 48.8. The van der Waals surface area contributed by atoms with Crippen LogP contribution in [-0.2, 0) is 23.9 Å². The second-order valence-corrected chi connectivity index (χ2v) is 6.67. The monoisotopic (exact) mass is 376 g/mol. The van der Waals surface area contributed by atoms with Gasteiger partial charge in [-0.05, 0) is 18.2 Å². The standard InChI is InChI=1S/C17H16N2O6S/c1-10(20)24-9-25-17(23)12-7-8-26-16-13(15(22)19(12)16)18-14(21)11-5-3-2-4-6-11/h2-7,13,16H,8-9H2,1H3,(H,18,21)/t13?,16-/m0/s1. The van der Waals surface area contributed by atoms with E-state index in [1.807, 2.05) is 0 Å². The number of benzene rings is 1. The molecule has 1 unspecified atom stereocenters. The molecule has 2 heterocycles. The Kier molecular flexibility index (Phi) is 5.27. The van der Waals surface area contributed by atoms with Crippen molar-refractivity contribution >= 4 is 35.5 Å². The third kappa shape index (κ3) is 3.57. The highest BCUT2D eigenvalue weighted by Crippen LogP contribution is 2.37. The van der Waals surface area contributed by atoms with E-state index in [9.17, 15) is 19.2 Å². The smallest absolute Gasteiger partial charge is 0.357 e. The number of nitrogens with zero attached hydrogens (tertiary/aromatic N) is 1. The van der Waals surface area contributed by atoms with E-state index in [-0.39, 0.29) is 22.9 Å². The van der Waals surface area contributed by atoms with Crippen LogP contribution >= 0.6 is 11.8 Å². The lowest BCUT2D eigenvalue weighted by molar-refractivity contribution is -0.166. The van der Waals surface area contributed by atoms with E-state index < -0.39 is 24.8 Å². The highest BCUT2D eigenvalue weighted by molar-refractivity contribution is 8.00. The Labute approximate surface area is 153 Å². The molecule has 1 fully saturated rings. The highest BCUT2D eigenvalue weighted by atomic mass is 32.2. The van der Waals surface area contributed by atoms with E-state index in [0.29, 0.717) is 11.3 Å². The summed E-state index contributed by atoms with van der Waals surface area (Å²) < 4.78 is 9.40. The molecule has 1 aromatic carbocycles. The van der Waals surface area contributed by atoms with Gasteiger partial charge in [-0.3, -0.25) is 19.3 Å². The average Bonchev–Trinajstić information content (AvgIpc) is 2.65. The zero-order valence-electron chi connectivity index (χ0n) is 13.8. The van der Waals surface area contributed by atoms with Gasteiger partial charge in [0.25, 0.3) is 11.8 Å². The van der Waals surface area contributed by atoms with Crippen molar-refractivity contribution in [2.24, 2.45) is 0 Å². The van der Waals surface area contributed by atoms with Crippen molar-refractivity contribution in [1.29, 1.82) is 0 Å². The number of fused-ring (bicyclic) bond motifs is 1. The van der Waals surface area contributed by atoms with Crippen molar-refractivity contribution in [2.45, 2.75) is 18.3 Å². The average molecular weight is 376 g/mol. The molecule has 0 aliphatic carbocycles. The number of thioether (sulfide) groups is 1. The third-order valence-corrected chi connectivity index (χ3v) is 5.01. The summed E-state index contributed by atoms with van der Waals surface area (Å²) >= 11 is 1.43. The van der Waals surface area contributed by atoms with Crippen molar-refractivity contribution in [3.63, 3.8) is 0 Å². The molecule has 1 N–H and O–H groups in total. The van der Waals surface area contributed by atoms with Crippen LogP contribution in [0.25, 0.3) is 0 Å². The van der Waals surface area contributed by atoms with Crippen LogP contribution in [0, 0.1) is 0 Å². The number of amides is 2. The second-order valence-electron chi connectivity index (χ2n) is 5.52. The third-order valence-electron chi connectivity index (χ3n) is 3.83. The fourth-order valence-electron chi connectivity index (χ4n) is 2.58. The maximum absolute atomic E-state index is 12.4. The lowest BCUT2D eigenvalue weighted by atomic mass is 10.0. The topological polar surface area (TPSA) is 102 Å². The van der Waals surface area contributed by atoms with Crippen molar-refractivity contribution in [3.05, 3.63) is 47.7 Å². The van der Waals surface area contributed by atoms with E-state index in [0.717, 1.165) is 0 Å². The zero-order valence-corrected chi connectivity index (χ0v) is 14.7. The summed E-state index contributed by atoms with van der Waals surface area (Å²) in [5.74, 6) is -1.57. The molecule has 2 aliphatic rings. The van der Waals surface area contributed by atoms with Gasteiger partial charge in [0, 0.05) is 18.2 Å². The zero-order chi connectivity index (χ0) is 18.7. The van der Waals surface area contributed by atoms with Gasteiger partial charge in [-0.25, -0.2) is 4.79 Å². The number of esters is 2. The summed E-state index contributed by atoms with van der Waals surface area (Å²) in [5, 5.41) is 2.32. The predicted octanol–water partition coefficient (Wildman–Crippen LogP) is 0.648. The van der Waals surface area contributed by atoms with E-state index in [4.69, 9.17) is 4.74 Å². The summed E-state index contributed by atoms with van der Waals surface area (Å²) in [5.41, 5.74) is 0.548. The molecule has 9 heteroatoms. The van der Waals surface area contributed by atoms with Crippen LogP contribution in [0.2, 0.25) is 0 Å². The molecule has 1 saturated heterocycles. The maximum Gasteiger partial charge on any atom is 0.357 e. The number of β-lactam (4-membered cyclic amide) rings is 1. The quantitative estimate of drug-likeness (QED) is 0.457. The van der Waals surface area contributed by atoms with Gasteiger partial charge in [0.05, 0.1) is 0 Å². The molecule has 0 spiro atoms. The Morgan fingerprint density at radius 2 is 1.96 bits per heavy atom. The number of carbonyl (C=O) groups is 4. The van der Waals surface area contributed by atoms with Gasteiger partial charge in [-0.2, -0.15) is 0 Å². The summed E-state index contributed by atoms with van der Waals surface area (Å²) in [6.07, 6.45) is 1.57. The SMILES string of the molecule is CC(=O)OCOC(=O)C1=CCS[C@H]2C(NC(=O)c3ccccc3)C(=O)N12. The number of hydrogen-bond donors (Lipinski definition) is 1. The van der Waals surface area contributed by atoms with E-state index in [1.165, 1.54) is 23.6 Å². The van der Waals surface area contributed by atoms with E-state index >= 15 is 0 Å². The number of rotatable bonds is 5. The Morgan fingerprint density at radius 1 is 1.23 bits per heavy atom. The molecular weight excluding hydrogens is 360 g/mol. The van der Waals surface area contributed by atoms with Gasteiger partial charge in [0.2, 0.25) is 6.79 Å². The van der Waals surface area contributed by atoms with Crippen LogP contribution in [0.15, 0.2) is 42.1 Å². The van der Waals surface area contributed by atoms with Gasteiger partial charge >= 0.3 is 11.9 Å². The molecule has 0 radical (unpaired) electrons. The lowest BCUT2D eigenvalue weighted by Crippen LogP contribution is -2.70. The fourth-order valence-corrected chi connectivity index (χ4v) is 3.78. The van der Waals surface area contributed by atoms with Crippen LogP contribution in [0.1, 0.15) is 17.3 Å². The largest absolute Gasteiger partial charge is 0.428 e. The fraction of sp³-hybridized carbons (Fsp3) is 0.294. The molecule has 26 heavy (non-hydrogen) atoms. The highest BCUT2D eigenvalue weighted by Gasteiger charge is 2.53. The van der Waals surface area contributed by atoms with Gasteiger partial charge in [-0.15, -0.1) is 11.8 Å². The number of nitrogens with one attached hydrogen (secondary N) is 1. The minimum Gasteiger partial charge on any atom is -0.428 e. The Morgan fingerprint density at radius 3 is 2.65 bits per heavy atom. The molecule has 8 nitrogen and oxygen atoms in total. The normalized spacial score (nSPS) is 21.0. The Hall–Kier alpha value is -2.81. The molecule has 0 saturated carbocycles. The van der Waals surface area contributed by atoms with Crippen molar-refractivity contribution < 1.29 is 28.7 Å². The summed E-state index contributed by atoms with van der Waals surface area (Å²) in [6, 6.07) is 7.86. The molecule has 0 bridgehead atoms. The van der Waals surface area contributed by atoms with Crippen LogP contribution in [0.5, 0.6) is 0 Å². The van der Waals surface area contributed by atoms with Crippen molar-refractivity contribution in [2.75, 3.05) is 12.5 Å². The molecule has 2 aliphatic heterocycles. The molecular formula is C17H16N2O6S. The number of carbonyl (C=O) groups excluding carboxylic acids is 4. The van der Waals surface area contributed by atoms with Gasteiger partial charge in [-0.1, -0.05) is 18.2 Å². The lowest BCUT2D eigenvalue weighted by Gasteiger charge is -2.48. The second kappa shape index (κ2) is 7.61. The summed E-state index contributed by atoms with van der Waals surface area (Å²) in [7, 11) is 0. The van der Waals surface area contributed by atoms with Gasteiger partial charge in [0.1, 0.15) is 17.1 Å². The van der Waals surface area contributed by atoms with Gasteiger partial charge in [0.15, 0.2) is 0 Å². The van der Waals surface area contributed by atoms with Crippen LogP contribution in [0.3, 0.4) is 0 Å². The molecule has 136 valence electrons.